The van der Waals surface area contributed by atoms with Crippen LogP contribution in [0.5, 0.6) is 11.6 Å². The number of rotatable bonds is 4. The molecule has 1 N–H and O–H groups in total. The summed E-state index contributed by atoms with van der Waals surface area (Å²) < 4.78 is 43.3. The van der Waals surface area contributed by atoms with Crippen LogP contribution in [-0.4, -0.2) is 15.9 Å². The maximum Gasteiger partial charge on any atom is 0.417 e. The number of hydrogen-bond acceptors (Lipinski definition) is 4. The van der Waals surface area contributed by atoms with Gasteiger partial charge in [0.05, 0.1) is 11.1 Å². The number of aliphatic hydroxyl groups is 1. The van der Waals surface area contributed by atoms with Gasteiger partial charge in [0.2, 0.25) is 5.88 Å². The molecular formula is C19H16F3NO3. The molecule has 2 aromatic rings. The molecule has 0 aliphatic heterocycles. The number of carbonyl (C=O) groups excluding carboxylic acids is 1. The Morgan fingerprint density at radius 1 is 1.19 bits per heavy atom. The first-order valence-electron chi connectivity index (χ1n) is 8.09. The lowest BCUT2D eigenvalue weighted by molar-refractivity contribution is -0.137. The highest BCUT2D eigenvalue weighted by Gasteiger charge is 2.31. The number of benzene rings is 1. The predicted octanol–water partition coefficient (Wildman–Crippen LogP) is 5.09. The van der Waals surface area contributed by atoms with E-state index in [0.29, 0.717) is 30.4 Å². The van der Waals surface area contributed by atoms with Gasteiger partial charge in [-0.3, -0.25) is 4.79 Å². The van der Waals surface area contributed by atoms with E-state index in [2.05, 4.69) is 4.98 Å². The van der Waals surface area contributed by atoms with Crippen molar-refractivity contribution in [1.29, 1.82) is 0 Å². The highest BCUT2D eigenvalue weighted by Crippen LogP contribution is 2.35. The molecule has 7 heteroatoms. The van der Waals surface area contributed by atoms with Crippen molar-refractivity contribution in [2.24, 2.45) is 0 Å². The van der Waals surface area contributed by atoms with E-state index in [4.69, 9.17) is 4.74 Å². The zero-order chi connectivity index (χ0) is 18.9. The van der Waals surface area contributed by atoms with E-state index < -0.39 is 11.7 Å². The minimum Gasteiger partial charge on any atom is -0.512 e. The summed E-state index contributed by atoms with van der Waals surface area (Å²) in [6.07, 6.45) is -2.54. The zero-order valence-electron chi connectivity index (χ0n) is 13.9. The van der Waals surface area contributed by atoms with Gasteiger partial charge in [-0.15, -0.1) is 0 Å². The molecular weight excluding hydrogens is 347 g/mol. The van der Waals surface area contributed by atoms with Crippen LogP contribution in [0.15, 0.2) is 42.3 Å². The molecule has 4 nitrogen and oxygen atoms in total. The number of hydrogen-bond donors (Lipinski definition) is 1. The van der Waals surface area contributed by atoms with Crippen LogP contribution in [0.2, 0.25) is 0 Å². The first-order chi connectivity index (χ1) is 12.3. The molecule has 0 bridgehead atoms. The molecule has 0 saturated heterocycles. The highest BCUT2D eigenvalue weighted by molar-refractivity contribution is 6.23. The molecule has 136 valence electrons. The van der Waals surface area contributed by atoms with E-state index in [9.17, 15) is 23.1 Å². The SMILES string of the molecule is CCc1ccc(Oc2ccc(C(F)(F)F)cn2)cc1C1=C(O)CCC1=O. The molecule has 0 spiro atoms. The summed E-state index contributed by atoms with van der Waals surface area (Å²) in [7, 11) is 0. The summed E-state index contributed by atoms with van der Waals surface area (Å²) in [5.41, 5.74) is 0.873. The summed E-state index contributed by atoms with van der Waals surface area (Å²) in [6, 6.07) is 7.04. The van der Waals surface area contributed by atoms with Gasteiger partial charge in [0.15, 0.2) is 5.78 Å². The predicted molar refractivity (Wildman–Crippen MR) is 88.9 cm³/mol. The first-order valence-corrected chi connectivity index (χ1v) is 8.09. The van der Waals surface area contributed by atoms with Crippen LogP contribution in [0.1, 0.15) is 36.5 Å². The van der Waals surface area contributed by atoms with Crippen molar-refractivity contribution >= 4 is 11.4 Å². The van der Waals surface area contributed by atoms with Crippen LogP contribution in [0.3, 0.4) is 0 Å². The number of ketones is 1. The van der Waals surface area contributed by atoms with Crippen molar-refractivity contribution in [3.8, 4) is 11.6 Å². The van der Waals surface area contributed by atoms with E-state index >= 15 is 0 Å². The zero-order valence-corrected chi connectivity index (χ0v) is 13.9. The molecule has 0 saturated carbocycles. The molecule has 1 aromatic heterocycles. The van der Waals surface area contributed by atoms with Gasteiger partial charge in [-0.2, -0.15) is 13.2 Å². The molecule has 0 fully saturated rings. The molecule has 0 unspecified atom stereocenters. The number of allylic oxidation sites excluding steroid dienone is 2. The first kappa shape index (κ1) is 18.0. The van der Waals surface area contributed by atoms with Crippen LogP contribution in [0.25, 0.3) is 5.57 Å². The summed E-state index contributed by atoms with van der Waals surface area (Å²) in [4.78, 5) is 15.7. The quantitative estimate of drug-likeness (QED) is 0.822. The summed E-state index contributed by atoms with van der Waals surface area (Å²) in [6.45, 7) is 1.92. The highest BCUT2D eigenvalue weighted by atomic mass is 19.4. The Morgan fingerprint density at radius 3 is 2.50 bits per heavy atom. The normalized spacial score (nSPS) is 14.8. The van der Waals surface area contributed by atoms with Crippen LogP contribution in [0, 0.1) is 0 Å². The second-order valence-corrected chi connectivity index (χ2v) is 5.90. The van der Waals surface area contributed by atoms with Gasteiger partial charge in [0, 0.05) is 25.1 Å². The van der Waals surface area contributed by atoms with Gasteiger partial charge in [-0.05, 0) is 35.7 Å². The Bertz CT molecular complexity index is 871. The summed E-state index contributed by atoms with van der Waals surface area (Å²) >= 11 is 0. The van der Waals surface area contributed by atoms with Crippen molar-refractivity contribution < 1.29 is 27.8 Å². The van der Waals surface area contributed by atoms with E-state index in [0.717, 1.165) is 17.7 Å². The monoisotopic (exact) mass is 363 g/mol. The van der Waals surface area contributed by atoms with Gasteiger partial charge in [0.1, 0.15) is 11.5 Å². The average molecular weight is 363 g/mol. The van der Waals surface area contributed by atoms with Gasteiger partial charge < -0.3 is 9.84 Å². The van der Waals surface area contributed by atoms with Gasteiger partial charge in [0.25, 0.3) is 0 Å². The standard InChI is InChI=1S/C19H16F3NO3/c1-2-11-3-5-13(9-14(11)18-15(24)6-7-16(18)25)26-17-8-4-12(10-23-17)19(20,21)22/h3-5,8-10,24H,2,6-7H2,1H3. The van der Waals surface area contributed by atoms with Crippen molar-refractivity contribution in [1.82, 2.24) is 4.98 Å². The number of aryl methyl sites for hydroxylation is 1. The number of halogens is 3. The molecule has 1 aliphatic rings. The maximum atomic E-state index is 12.6. The third-order valence-corrected chi connectivity index (χ3v) is 4.17. The van der Waals surface area contributed by atoms with Crippen molar-refractivity contribution in [3.63, 3.8) is 0 Å². The van der Waals surface area contributed by atoms with Gasteiger partial charge in [-0.25, -0.2) is 4.98 Å². The lowest BCUT2D eigenvalue weighted by Gasteiger charge is -2.12. The Morgan fingerprint density at radius 2 is 1.96 bits per heavy atom. The molecule has 1 aromatic carbocycles. The Labute approximate surface area is 147 Å². The topological polar surface area (TPSA) is 59.4 Å². The van der Waals surface area contributed by atoms with Crippen molar-refractivity contribution in [2.75, 3.05) is 0 Å². The van der Waals surface area contributed by atoms with Crippen LogP contribution >= 0.6 is 0 Å². The largest absolute Gasteiger partial charge is 0.512 e. The Balaban J connectivity index is 1.91. The molecule has 0 amide bonds. The fourth-order valence-electron chi connectivity index (χ4n) is 2.84. The van der Waals surface area contributed by atoms with Crippen LogP contribution in [-0.2, 0) is 17.4 Å². The summed E-state index contributed by atoms with van der Waals surface area (Å²) in [5.74, 6) is 0.241. The number of aliphatic hydroxyl groups excluding tert-OH is 1. The van der Waals surface area contributed by atoms with E-state index in [-0.39, 0.29) is 29.4 Å². The summed E-state index contributed by atoms with van der Waals surface area (Å²) in [5, 5.41) is 10.0. The second kappa shape index (κ2) is 6.82. The smallest absolute Gasteiger partial charge is 0.417 e. The molecule has 3 rings (SSSR count). The van der Waals surface area contributed by atoms with E-state index in [1.165, 1.54) is 0 Å². The number of ether oxygens (including phenoxy) is 1. The maximum absolute atomic E-state index is 12.6. The lowest BCUT2D eigenvalue weighted by atomic mass is 9.96. The molecule has 1 aliphatic carbocycles. The number of Topliss-reactive ketones (excluding diaryl/α,β-unsaturated/α-hetero) is 1. The minimum absolute atomic E-state index is 0.00384. The second-order valence-electron chi connectivity index (χ2n) is 5.90. The fraction of sp³-hybridized carbons (Fsp3) is 0.263. The number of nitrogens with zero attached hydrogens (tertiary/aromatic N) is 1. The number of pyridine rings is 1. The third-order valence-electron chi connectivity index (χ3n) is 4.17. The Hall–Kier alpha value is -2.83. The average Bonchev–Trinajstić information content (AvgIpc) is 2.93. The molecule has 0 atom stereocenters. The van der Waals surface area contributed by atoms with Gasteiger partial charge >= 0.3 is 6.18 Å². The van der Waals surface area contributed by atoms with Gasteiger partial charge in [-0.1, -0.05) is 13.0 Å². The minimum atomic E-state index is -4.46. The molecule has 1 heterocycles. The fourth-order valence-corrected chi connectivity index (χ4v) is 2.84. The Kier molecular flexibility index (Phi) is 4.71. The lowest BCUT2D eigenvalue weighted by Crippen LogP contribution is -2.05. The van der Waals surface area contributed by atoms with Crippen LogP contribution in [0.4, 0.5) is 13.2 Å². The van der Waals surface area contributed by atoms with E-state index in [1.807, 2.05) is 6.92 Å². The van der Waals surface area contributed by atoms with Crippen LogP contribution < -0.4 is 4.74 Å². The molecule has 0 radical (unpaired) electrons. The van der Waals surface area contributed by atoms with Crippen molar-refractivity contribution in [3.05, 3.63) is 59.0 Å². The number of carbonyl (C=O) groups is 1. The number of aromatic nitrogens is 1. The molecule has 26 heavy (non-hydrogen) atoms. The third kappa shape index (κ3) is 3.56. The van der Waals surface area contributed by atoms with E-state index in [1.54, 1.807) is 18.2 Å². The number of alkyl halides is 3. The van der Waals surface area contributed by atoms with Crippen molar-refractivity contribution in [2.45, 2.75) is 32.4 Å².